The van der Waals surface area contributed by atoms with Crippen LogP contribution in [0.25, 0.3) is 0 Å². The average molecular weight is 264 g/mol. The Bertz CT molecular complexity index is 268. The Labute approximate surface area is 104 Å². The number of rotatable bonds is 6. The first kappa shape index (κ1) is 15.1. The number of nitrogens with two attached hydrogens (primary N) is 2. The lowest BCUT2D eigenvalue weighted by molar-refractivity contribution is 0.0414. The molecule has 6 heteroatoms. The highest BCUT2D eigenvalue weighted by atomic mass is 31.2. The van der Waals surface area contributed by atoms with Gasteiger partial charge in [0.25, 0.3) is 0 Å². The summed E-state index contributed by atoms with van der Waals surface area (Å²) in [5.41, 5.74) is 10.9. The van der Waals surface area contributed by atoms with Gasteiger partial charge in [-0.25, -0.2) is 0 Å². The van der Waals surface area contributed by atoms with Crippen molar-refractivity contribution in [1.29, 1.82) is 0 Å². The Hall–Kier alpha value is 0.0700. The Balaban J connectivity index is 2.17. The fraction of sp³-hybridized carbons (Fsp3) is 1.00. The molecule has 1 rings (SSSR count). The van der Waals surface area contributed by atoms with E-state index in [1.165, 1.54) is 0 Å². The minimum Gasteiger partial charge on any atom is -0.316 e. The smallest absolute Gasteiger partial charge is 0.316 e. The van der Waals surface area contributed by atoms with E-state index in [4.69, 9.17) is 20.5 Å². The van der Waals surface area contributed by atoms with E-state index in [0.717, 1.165) is 25.7 Å². The van der Waals surface area contributed by atoms with Crippen molar-refractivity contribution in [3.63, 3.8) is 0 Å². The Morgan fingerprint density at radius 3 is 2.29 bits per heavy atom. The monoisotopic (exact) mass is 264 g/mol. The molecule has 1 fully saturated rings. The lowest BCUT2D eigenvalue weighted by Gasteiger charge is -2.34. The van der Waals surface area contributed by atoms with Gasteiger partial charge in [0.1, 0.15) is 0 Å². The van der Waals surface area contributed by atoms with Crippen LogP contribution < -0.4 is 11.5 Å². The molecule has 0 amide bonds. The second-order valence-corrected chi connectivity index (χ2v) is 7.74. The summed E-state index contributed by atoms with van der Waals surface area (Å²) < 4.78 is 22.9. The van der Waals surface area contributed by atoms with Gasteiger partial charge in [-0.1, -0.05) is 26.7 Å². The molecule has 102 valence electrons. The third-order valence-electron chi connectivity index (χ3n) is 2.77. The van der Waals surface area contributed by atoms with E-state index in [-0.39, 0.29) is 11.6 Å². The van der Waals surface area contributed by atoms with Crippen molar-refractivity contribution in [1.82, 2.24) is 0 Å². The van der Waals surface area contributed by atoms with Gasteiger partial charge in [0.05, 0.1) is 25.5 Å². The topological polar surface area (TPSA) is 87.6 Å². The van der Waals surface area contributed by atoms with E-state index in [9.17, 15) is 4.57 Å². The molecule has 0 aromatic carbocycles. The molecule has 0 atom stereocenters. The van der Waals surface area contributed by atoms with Gasteiger partial charge < -0.3 is 20.5 Å². The van der Waals surface area contributed by atoms with Gasteiger partial charge in [0.15, 0.2) is 0 Å². The minimum absolute atomic E-state index is 0.0275. The average Bonchev–Trinajstić information content (AvgIpc) is 2.23. The molecule has 0 spiro atoms. The Morgan fingerprint density at radius 1 is 1.18 bits per heavy atom. The predicted molar refractivity (Wildman–Crippen MR) is 68.8 cm³/mol. The van der Waals surface area contributed by atoms with Crippen molar-refractivity contribution in [2.24, 2.45) is 16.9 Å². The normalized spacial score (nSPS) is 22.9. The molecule has 1 aliphatic heterocycles. The molecule has 1 aliphatic rings. The SMILES string of the molecule is CC1(C)COP(=O)(CCCCCC(N)N)OC1. The summed E-state index contributed by atoms with van der Waals surface area (Å²) in [5.74, 6) is 0. The van der Waals surface area contributed by atoms with Crippen LogP contribution in [0.3, 0.4) is 0 Å². The van der Waals surface area contributed by atoms with Crippen molar-refractivity contribution < 1.29 is 13.6 Å². The van der Waals surface area contributed by atoms with E-state index in [2.05, 4.69) is 0 Å². The highest BCUT2D eigenvalue weighted by Gasteiger charge is 2.35. The maximum absolute atomic E-state index is 12.1. The van der Waals surface area contributed by atoms with Gasteiger partial charge in [-0.2, -0.15) is 0 Å². The van der Waals surface area contributed by atoms with Gasteiger partial charge in [-0.3, -0.25) is 4.57 Å². The van der Waals surface area contributed by atoms with Crippen molar-refractivity contribution >= 4 is 7.60 Å². The third-order valence-corrected chi connectivity index (χ3v) is 4.68. The summed E-state index contributed by atoms with van der Waals surface area (Å²) in [4.78, 5) is 0. The molecule has 0 radical (unpaired) electrons. The van der Waals surface area contributed by atoms with E-state index in [1.54, 1.807) is 0 Å². The Kier molecular flexibility index (Phi) is 5.61. The molecule has 0 bridgehead atoms. The zero-order chi connectivity index (χ0) is 12.9. The second-order valence-electron chi connectivity index (χ2n) is 5.56. The zero-order valence-electron chi connectivity index (χ0n) is 10.9. The van der Waals surface area contributed by atoms with Crippen LogP contribution in [-0.4, -0.2) is 25.5 Å². The molecule has 17 heavy (non-hydrogen) atoms. The highest BCUT2D eigenvalue weighted by molar-refractivity contribution is 7.53. The summed E-state index contributed by atoms with van der Waals surface area (Å²) in [6.45, 7) is 5.11. The van der Waals surface area contributed by atoms with Crippen molar-refractivity contribution in [2.75, 3.05) is 19.4 Å². The summed E-state index contributed by atoms with van der Waals surface area (Å²) >= 11 is 0. The van der Waals surface area contributed by atoms with Crippen molar-refractivity contribution in [2.45, 2.75) is 45.7 Å². The lowest BCUT2D eigenvalue weighted by Crippen LogP contribution is -2.30. The summed E-state index contributed by atoms with van der Waals surface area (Å²) in [6, 6.07) is 0. The molecular formula is C11H25N2O3P. The van der Waals surface area contributed by atoms with Gasteiger partial charge >= 0.3 is 7.60 Å². The van der Waals surface area contributed by atoms with Crippen LogP contribution in [0.2, 0.25) is 0 Å². The van der Waals surface area contributed by atoms with E-state index in [1.807, 2.05) is 13.8 Å². The quantitative estimate of drug-likeness (QED) is 0.435. The van der Waals surface area contributed by atoms with Gasteiger partial charge in [-0.05, 0) is 12.8 Å². The van der Waals surface area contributed by atoms with Crippen LogP contribution >= 0.6 is 7.60 Å². The number of unbranched alkanes of at least 4 members (excludes halogenated alkanes) is 2. The fourth-order valence-electron chi connectivity index (χ4n) is 1.62. The van der Waals surface area contributed by atoms with Gasteiger partial charge in [0, 0.05) is 5.41 Å². The number of hydrogen-bond acceptors (Lipinski definition) is 5. The minimum atomic E-state index is -2.82. The van der Waals surface area contributed by atoms with Crippen LogP contribution in [0.15, 0.2) is 0 Å². The van der Waals surface area contributed by atoms with Crippen molar-refractivity contribution in [3.05, 3.63) is 0 Å². The largest absolute Gasteiger partial charge is 0.330 e. The van der Waals surface area contributed by atoms with Crippen LogP contribution in [0, 0.1) is 5.41 Å². The molecule has 0 aromatic heterocycles. The van der Waals surface area contributed by atoms with Crippen LogP contribution in [0.5, 0.6) is 0 Å². The van der Waals surface area contributed by atoms with E-state index < -0.39 is 7.60 Å². The standard InChI is InChI=1S/C11H25N2O3P/c1-11(2)8-15-17(14,16-9-11)7-5-3-4-6-10(12)13/h10H,3-9,12-13H2,1-2H3. The third kappa shape index (κ3) is 5.98. The first-order valence-corrected chi connectivity index (χ1v) is 7.95. The highest BCUT2D eigenvalue weighted by Crippen LogP contribution is 2.54. The molecular weight excluding hydrogens is 239 g/mol. The van der Waals surface area contributed by atoms with Gasteiger partial charge in [-0.15, -0.1) is 0 Å². The molecule has 5 nitrogen and oxygen atoms in total. The maximum atomic E-state index is 12.1. The summed E-state index contributed by atoms with van der Waals surface area (Å²) in [7, 11) is -2.82. The maximum Gasteiger partial charge on any atom is 0.330 e. The molecule has 0 unspecified atom stereocenters. The van der Waals surface area contributed by atoms with E-state index in [0.29, 0.717) is 19.4 Å². The molecule has 0 saturated carbocycles. The summed E-state index contributed by atoms with van der Waals surface area (Å²) in [6.07, 6.45) is 3.83. The first-order chi connectivity index (χ1) is 7.83. The molecule has 1 saturated heterocycles. The lowest BCUT2D eigenvalue weighted by atomic mass is 9.97. The van der Waals surface area contributed by atoms with Crippen LogP contribution in [0.1, 0.15) is 39.5 Å². The fourth-order valence-corrected chi connectivity index (χ4v) is 3.65. The Morgan fingerprint density at radius 2 is 1.76 bits per heavy atom. The summed E-state index contributed by atoms with van der Waals surface area (Å²) in [5, 5.41) is 0. The van der Waals surface area contributed by atoms with Crippen LogP contribution in [-0.2, 0) is 13.6 Å². The van der Waals surface area contributed by atoms with E-state index >= 15 is 0 Å². The second kappa shape index (κ2) is 6.30. The predicted octanol–water partition coefficient (Wildman–Crippen LogP) is 2.06. The molecule has 4 N–H and O–H groups in total. The molecule has 0 aromatic rings. The van der Waals surface area contributed by atoms with Crippen molar-refractivity contribution in [3.8, 4) is 0 Å². The number of hydrogen-bond donors (Lipinski definition) is 2. The van der Waals surface area contributed by atoms with Crippen LogP contribution in [0.4, 0.5) is 0 Å². The first-order valence-electron chi connectivity index (χ1n) is 6.22. The van der Waals surface area contributed by atoms with Gasteiger partial charge in [0.2, 0.25) is 0 Å². The molecule has 1 heterocycles. The molecule has 0 aliphatic carbocycles. The zero-order valence-corrected chi connectivity index (χ0v) is 11.7.